The number of sulfonamides is 1. The maximum Gasteiger partial charge on any atom is 0.251 e. The van der Waals surface area contributed by atoms with Gasteiger partial charge in [0, 0.05) is 11.6 Å². The van der Waals surface area contributed by atoms with Crippen molar-refractivity contribution in [2.75, 3.05) is 25.0 Å². The highest BCUT2D eigenvalue weighted by molar-refractivity contribution is 7.91. The van der Waals surface area contributed by atoms with E-state index >= 15 is 0 Å². The predicted molar refractivity (Wildman–Crippen MR) is 118 cm³/mol. The Bertz CT molecular complexity index is 1120. The first-order valence-corrected chi connectivity index (χ1v) is 11.2. The van der Waals surface area contributed by atoms with Crippen LogP contribution in [0.4, 0.5) is 5.69 Å². The van der Waals surface area contributed by atoms with Gasteiger partial charge in [-0.3, -0.25) is 14.5 Å². The Kier molecular flexibility index (Phi) is 7.45. The molecule has 0 aliphatic rings. The van der Waals surface area contributed by atoms with Crippen molar-refractivity contribution in [3.63, 3.8) is 0 Å². The first kappa shape index (κ1) is 22.1. The van der Waals surface area contributed by atoms with E-state index in [0.29, 0.717) is 23.7 Å². The molecule has 0 unspecified atom stereocenters. The van der Waals surface area contributed by atoms with Gasteiger partial charge in [-0.2, -0.15) is 0 Å². The number of anilines is 1. The summed E-state index contributed by atoms with van der Waals surface area (Å²) in [5.41, 5.74) is 0.947. The summed E-state index contributed by atoms with van der Waals surface area (Å²) in [6, 6.07) is 17.4. The van der Waals surface area contributed by atoms with Gasteiger partial charge in [0.15, 0.2) is 0 Å². The van der Waals surface area contributed by atoms with Crippen molar-refractivity contribution >= 4 is 21.6 Å². The summed E-state index contributed by atoms with van der Waals surface area (Å²) in [4.78, 5) is 16.5. The van der Waals surface area contributed by atoms with Crippen molar-refractivity contribution in [3.8, 4) is 11.5 Å². The number of hydrogen-bond acceptors (Lipinski definition) is 6. The van der Waals surface area contributed by atoms with E-state index < -0.39 is 10.0 Å². The van der Waals surface area contributed by atoms with Gasteiger partial charge in [-0.05, 0) is 23.8 Å². The summed E-state index contributed by atoms with van der Waals surface area (Å²) in [6.45, 7) is 0.573. The molecular weight excluding hydrogens is 418 g/mol. The Morgan fingerprint density at radius 3 is 2.52 bits per heavy atom. The summed E-state index contributed by atoms with van der Waals surface area (Å²) in [5, 5.41) is 2.75. The number of rotatable bonds is 10. The number of aromatic nitrogens is 1. The average molecular weight is 442 g/mol. The molecule has 8 nitrogen and oxygen atoms in total. The Labute approximate surface area is 181 Å². The Hall–Kier alpha value is -3.59. The molecule has 1 aromatic heterocycles. The summed E-state index contributed by atoms with van der Waals surface area (Å²) < 4.78 is 38.3. The topological polar surface area (TPSA) is 107 Å². The lowest BCUT2D eigenvalue weighted by Crippen LogP contribution is -2.29. The van der Waals surface area contributed by atoms with Gasteiger partial charge in [0.05, 0.1) is 37.5 Å². The number of amides is 1. The van der Waals surface area contributed by atoms with E-state index in [0.717, 1.165) is 0 Å². The number of hydrogen-bond donors (Lipinski definition) is 2. The molecule has 0 radical (unpaired) electrons. The molecule has 3 rings (SSSR count). The fourth-order valence-corrected chi connectivity index (χ4v) is 4.02. The van der Waals surface area contributed by atoms with Crippen molar-refractivity contribution in [2.24, 2.45) is 0 Å². The monoisotopic (exact) mass is 441 g/mol. The van der Waals surface area contributed by atoms with Crippen LogP contribution in [0.3, 0.4) is 0 Å². The van der Waals surface area contributed by atoms with Gasteiger partial charge in [-0.25, -0.2) is 8.42 Å². The molecular formula is C22H23N3O5S. The van der Waals surface area contributed by atoms with E-state index in [1.807, 2.05) is 30.3 Å². The Morgan fingerprint density at radius 1 is 1.00 bits per heavy atom. The van der Waals surface area contributed by atoms with Crippen molar-refractivity contribution in [3.05, 3.63) is 84.2 Å². The molecule has 0 fully saturated rings. The third-order valence-corrected chi connectivity index (χ3v) is 5.47. The molecule has 2 aromatic carbocycles. The predicted octanol–water partition coefficient (Wildman–Crippen LogP) is 2.84. The van der Waals surface area contributed by atoms with E-state index in [1.54, 1.807) is 24.3 Å². The number of nitrogens with one attached hydrogen (secondary N) is 2. The quantitative estimate of drug-likeness (QED) is 0.469. The molecule has 0 aliphatic carbocycles. The third kappa shape index (κ3) is 6.71. The van der Waals surface area contributed by atoms with Gasteiger partial charge >= 0.3 is 0 Å². The minimum Gasteiger partial charge on any atom is -0.495 e. The molecule has 2 N–H and O–H groups in total. The molecule has 0 saturated heterocycles. The number of carbonyl (C=O) groups excluding carboxylic acids is 1. The molecule has 9 heteroatoms. The van der Waals surface area contributed by atoms with Crippen LogP contribution >= 0.6 is 0 Å². The lowest BCUT2D eigenvalue weighted by Gasteiger charge is -2.12. The number of pyridine rings is 1. The molecule has 162 valence electrons. The zero-order chi connectivity index (χ0) is 22.1. The molecule has 1 amide bonds. The van der Waals surface area contributed by atoms with E-state index in [2.05, 4.69) is 15.0 Å². The van der Waals surface area contributed by atoms with Gasteiger partial charge in [-0.15, -0.1) is 0 Å². The Balaban J connectivity index is 1.61. The number of methoxy groups -OCH3 is 1. The summed E-state index contributed by atoms with van der Waals surface area (Å²) >= 11 is 0. The van der Waals surface area contributed by atoms with Gasteiger partial charge in [0.1, 0.15) is 18.1 Å². The average Bonchev–Trinajstić information content (AvgIpc) is 2.77. The highest BCUT2D eigenvalue weighted by atomic mass is 32.2. The number of para-hydroxylation sites is 1. The van der Waals surface area contributed by atoms with Crippen LogP contribution in [-0.4, -0.2) is 39.6 Å². The van der Waals surface area contributed by atoms with Gasteiger partial charge in [-0.1, -0.05) is 36.4 Å². The molecule has 0 spiro atoms. The summed E-state index contributed by atoms with van der Waals surface area (Å²) in [7, 11) is -2.31. The molecule has 0 saturated carbocycles. The smallest absolute Gasteiger partial charge is 0.251 e. The van der Waals surface area contributed by atoms with E-state index in [1.165, 1.54) is 25.6 Å². The third-order valence-electron chi connectivity index (χ3n) is 4.23. The molecule has 0 atom stereocenters. The zero-order valence-corrected chi connectivity index (χ0v) is 17.8. The number of carbonyl (C=O) groups is 1. The molecule has 31 heavy (non-hydrogen) atoms. The minimum atomic E-state index is -3.78. The SMILES string of the molecule is COc1cncc(NS(=O)(=O)Cc2ccccc2C(=O)NCCOc2ccccc2)c1. The van der Waals surface area contributed by atoms with Crippen LogP contribution in [-0.2, 0) is 15.8 Å². The van der Waals surface area contributed by atoms with E-state index in [4.69, 9.17) is 9.47 Å². The lowest BCUT2D eigenvalue weighted by atomic mass is 10.1. The second-order valence-electron chi connectivity index (χ2n) is 6.55. The van der Waals surface area contributed by atoms with E-state index in [-0.39, 0.29) is 29.5 Å². The summed E-state index contributed by atoms with van der Waals surface area (Å²) in [6.07, 6.45) is 2.85. The summed E-state index contributed by atoms with van der Waals surface area (Å²) in [5.74, 6) is 0.401. The van der Waals surface area contributed by atoms with Gasteiger partial charge < -0.3 is 14.8 Å². The van der Waals surface area contributed by atoms with Crippen molar-refractivity contribution in [1.82, 2.24) is 10.3 Å². The van der Waals surface area contributed by atoms with Crippen LogP contribution < -0.4 is 19.5 Å². The molecule has 1 heterocycles. The largest absolute Gasteiger partial charge is 0.495 e. The van der Waals surface area contributed by atoms with Crippen LogP contribution in [0.5, 0.6) is 11.5 Å². The highest BCUT2D eigenvalue weighted by Gasteiger charge is 2.18. The fourth-order valence-electron chi connectivity index (χ4n) is 2.82. The second-order valence-corrected chi connectivity index (χ2v) is 8.27. The van der Waals surface area contributed by atoms with Crippen molar-refractivity contribution < 1.29 is 22.7 Å². The van der Waals surface area contributed by atoms with Crippen LogP contribution in [0.25, 0.3) is 0 Å². The zero-order valence-electron chi connectivity index (χ0n) is 16.9. The Morgan fingerprint density at radius 2 is 1.74 bits per heavy atom. The number of benzene rings is 2. The maximum absolute atomic E-state index is 12.6. The molecule has 3 aromatic rings. The normalized spacial score (nSPS) is 10.9. The van der Waals surface area contributed by atoms with E-state index in [9.17, 15) is 13.2 Å². The first-order chi connectivity index (χ1) is 15.0. The van der Waals surface area contributed by atoms with Crippen LogP contribution in [0.1, 0.15) is 15.9 Å². The van der Waals surface area contributed by atoms with Crippen molar-refractivity contribution in [1.29, 1.82) is 0 Å². The minimum absolute atomic E-state index is 0.277. The number of nitrogens with zero attached hydrogens (tertiary/aromatic N) is 1. The second kappa shape index (κ2) is 10.4. The molecule has 0 aliphatic heterocycles. The van der Waals surface area contributed by atoms with Crippen LogP contribution in [0.2, 0.25) is 0 Å². The standard InChI is InChI=1S/C22H23N3O5S/c1-29-20-13-18(14-23-15-20)25-31(27,28)16-17-7-5-6-10-21(17)22(26)24-11-12-30-19-8-3-2-4-9-19/h2-10,13-15,25H,11-12,16H2,1H3,(H,24,26). The first-order valence-electron chi connectivity index (χ1n) is 9.50. The molecule has 0 bridgehead atoms. The van der Waals surface area contributed by atoms with Crippen LogP contribution in [0, 0.1) is 0 Å². The lowest BCUT2D eigenvalue weighted by molar-refractivity contribution is 0.0946. The highest BCUT2D eigenvalue weighted by Crippen LogP contribution is 2.19. The van der Waals surface area contributed by atoms with Gasteiger partial charge in [0.25, 0.3) is 5.91 Å². The fraction of sp³-hybridized carbons (Fsp3) is 0.182. The van der Waals surface area contributed by atoms with Crippen LogP contribution in [0.15, 0.2) is 73.1 Å². The van der Waals surface area contributed by atoms with Crippen molar-refractivity contribution in [2.45, 2.75) is 5.75 Å². The van der Waals surface area contributed by atoms with Gasteiger partial charge in [0.2, 0.25) is 10.0 Å². The number of ether oxygens (including phenoxy) is 2. The maximum atomic E-state index is 12.6.